The number of benzene rings is 1. The number of ether oxygens (including phenoxy) is 1. The van der Waals surface area contributed by atoms with E-state index in [9.17, 15) is 5.11 Å². The van der Waals surface area contributed by atoms with Crippen LogP contribution in [0.3, 0.4) is 0 Å². The van der Waals surface area contributed by atoms with Crippen molar-refractivity contribution in [3.8, 4) is 5.75 Å². The van der Waals surface area contributed by atoms with E-state index in [1.54, 1.807) is 0 Å². The highest BCUT2D eigenvalue weighted by atomic mass is 16.5. The van der Waals surface area contributed by atoms with Crippen molar-refractivity contribution in [2.75, 3.05) is 13.1 Å². The fourth-order valence-electron chi connectivity index (χ4n) is 5.62. The van der Waals surface area contributed by atoms with Gasteiger partial charge >= 0.3 is 0 Å². The summed E-state index contributed by atoms with van der Waals surface area (Å²) in [6.07, 6.45) is 8.42. The quantitative estimate of drug-likeness (QED) is 0.906. The second-order valence-corrected chi connectivity index (χ2v) is 8.78. The Balaban J connectivity index is 1.36. The summed E-state index contributed by atoms with van der Waals surface area (Å²) in [6, 6.07) is 6.64. The number of nitrogens with zero attached hydrogens (tertiary/aromatic N) is 3. The molecular formula is C22H29N3O2. The van der Waals surface area contributed by atoms with Gasteiger partial charge < -0.3 is 14.4 Å². The van der Waals surface area contributed by atoms with E-state index < -0.39 is 5.60 Å². The van der Waals surface area contributed by atoms with Crippen LogP contribution >= 0.6 is 0 Å². The van der Waals surface area contributed by atoms with Crippen LogP contribution in [-0.4, -0.2) is 38.8 Å². The largest absolute Gasteiger partial charge is 0.490 e. The van der Waals surface area contributed by atoms with E-state index in [0.717, 1.165) is 50.5 Å². The highest BCUT2D eigenvalue weighted by Crippen LogP contribution is 2.48. The second kappa shape index (κ2) is 6.35. The number of hydrogen-bond acceptors (Lipinski definition) is 4. The highest BCUT2D eigenvalue weighted by Gasteiger charge is 2.53. The molecule has 0 unspecified atom stereocenters. The first kappa shape index (κ1) is 17.3. The summed E-state index contributed by atoms with van der Waals surface area (Å²) in [5.41, 5.74) is 1.91. The molecule has 1 aliphatic carbocycles. The topological polar surface area (TPSA) is 50.5 Å². The standard InChI is InChI=1S/C22H29N3O2/c1-15-10-17-11-16(6-7-20(17)27-15)12-25-13-18-4-3-5-19(14-25)22(18,26)21-23-8-9-24(21)2/h6-9,11,15,18-19,26H,3-5,10,12-14H2,1-2H3/t15-,18+,19+/m1/s1. The molecule has 0 amide bonds. The van der Waals surface area contributed by atoms with Crippen molar-refractivity contribution in [3.63, 3.8) is 0 Å². The van der Waals surface area contributed by atoms with E-state index in [-0.39, 0.29) is 17.9 Å². The molecule has 1 aromatic carbocycles. The molecule has 1 N–H and O–H groups in total. The Morgan fingerprint density at radius 3 is 2.74 bits per heavy atom. The predicted octanol–water partition coefficient (Wildman–Crippen LogP) is 2.86. The van der Waals surface area contributed by atoms with E-state index in [1.807, 2.05) is 24.0 Å². The third-order valence-corrected chi connectivity index (χ3v) is 6.85. The zero-order chi connectivity index (χ0) is 18.6. The Bertz CT molecular complexity index is 832. The average Bonchev–Trinajstić information content (AvgIpc) is 3.20. The van der Waals surface area contributed by atoms with Gasteiger partial charge in [0.25, 0.3) is 0 Å². The van der Waals surface area contributed by atoms with Crippen molar-refractivity contribution in [1.29, 1.82) is 0 Å². The Morgan fingerprint density at radius 2 is 2.04 bits per heavy atom. The molecule has 5 heteroatoms. The zero-order valence-corrected chi connectivity index (χ0v) is 16.3. The van der Waals surface area contributed by atoms with Crippen molar-refractivity contribution >= 4 is 0 Å². The number of aliphatic hydroxyl groups is 1. The lowest BCUT2D eigenvalue weighted by molar-refractivity contribution is -0.155. The minimum absolute atomic E-state index is 0.254. The lowest BCUT2D eigenvalue weighted by Gasteiger charge is -2.52. The van der Waals surface area contributed by atoms with Crippen LogP contribution in [0, 0.1) is 11.8 Å². The maximum atomic E-state index is 11.7. The molecule has 3 aliphatic rings. The number of fused-ring (bicyclic) bond motifs is 3. The van der Waals surface area contributed by atoms with Crippen LogP contribution < -0.4 is 4.74 Å². The molecule has 1 saturated heterocycles. The van der Waals surface area contributed by atoms with Crippen LogP contribution in [0.5, 0.6) is 5.75 Å². The van der Waals surface area contributed by atoms with Gasteiger partial charge in [0, 0.05) is 57.3 Å². The first-order valence-electron chi connectivity index (χ1n) is 10.2. The Kier molecular flexibility index (Phi) is 4.06. The molecule has 2 aliphatic heterocycles. The van der Waals surface area contributed by atoms with Gasteiger partial charge in [0.1, 0.15) is 23.3 Å². The van der Waals surface area contributed by atoms with Crippen LogP contribution in [0.25, 0.3) is 0 Å². The lowest BCUT2D eigenvalue weighted by atomic mass is 9.65. The van der Waals surface area contributed by atoms with E-state index in [0.29, 0.717) is 0 Å². The number of piperidine rings is 1. The van der Waals surface area contributed by atoms with Crippen molar-refractivity contribution in [2.45, 2.75) is 50.9 Å². The van der Waals surface area contributed by atoms with Gasteiger partial charge in [0.05, 0.1) is 0 Å². The van der Waals surface area contributed by atoms with Crippen molar-refractivity contribution in [3.05, 3.63) is 47.5 Å². The van der Waals surface area contributed by atoms with Crippen molar-refractivity contribution < 1.29 is 9.84 Å². The molecule has 3 atom stereocenters. The van der Waals surface area contributed by atoms with Gasteiger partial charge in [-0.05, 0) is 37.0 Å². The zero-order valence-electron chi connectivity index (χ0n) is 16.3. The Hall–Kier alpha value is -1.85. The van der Waals surface area contributed by atoms with Crippen LogP contribution in [-0.2, 0) is 25.6 Å². The molecule has 2 aromatic rings. The monoisotopic (exact) mass is 367 g/mol. The molecule has 2 fully saturated rings. The van der Waals surface area contributed by atoms with E-state index in [4.69, 9.17) is 4.74 Å². The average molecular weight is 367 g/mol. The third-order valence-electron chi connectivity index (χ3n) is 6.85. The summed E-state index contributed by atoms with van der Waals surface area (Å²) in [6.45, 7) is 4.95. The molecular weight excluding hydrogens is 338 g/mol. The summed E-state index contributed by atoms with van der Waals surface area (Å²) in [7, 11) is 2.00. The van der Waals surface area contributed by atoms with E-state index in [1.165, 1.54) is 17.5 Å². The SMILES string of the molecule is C[C@@H]1Cc2cc(CN3C[C@@H]4CCC[C@@H](C3)C4(O)c3nccn3C)ccc2O1. The van der Waals surface area contributed by atoms with Gasteiger partial charge in [-0.25, -0.2) is 4.98 Å². The third kappa shape index (κ3) is 2.79. The Labute approximate surface area is 161 Å². The summed E-state index contributed by atoms with van der Waals surface area (Å²) in [5, 5.41) is 11.7. The van der Waals surface area contributed by atoms with Crippen LogP contribution in [0.1, 0.15) is 43.1 Å². The number of rotatable bonds is 3. The van der Waals surface area contributed by atoms with Gasteiger partial charge in [-0.1, -0.05) is 18.6 Å². The van der Waals surface area contributed by atoms with Gasteiger partial charge in [-0.3, -0.25) is 4.90 Å². The van der Waals surface area contributed by atoms with Crippen LogP contribution in [0.4, 0.5) is 0 Å². The van der Waals surface area contributed by atoms with Crippen LogP contribution in [0.15, 0.2) is 30.6 Å². The van der Waals surface area contributed by atoms with Crippen molar-refractivity contribution in [2.24, 2.45) is 18.9 Å². The molecule has 5 rings (SSSR count). The summed E-state index contributed by atoms with van der Waals surface area (Å²) in [4.78, 5) is 7.06. The molecule has 1 saturated carbocycles. The highest BCUT2D eigenvalue weighted by molar-refractivity contribution is 5.40. The predicted molar refractivity (Wildman–Crippen MR) is 103 cm³/mol. The maximum Gasteiger partial charge on any atom is 0.141 e. The van der Waals surface area contributed by atoms with Crippen LogP contribution in [0.2, 0.25) is 0 Å². The summed E-state index contributed by atoms with van der Waals surface area (Å²) < 4.78 is 7.84. The maximum absolute atomic E-state index is 11.7. The molecule has 2 bridgehead atoms. The summed E-state index contributed by atoms with van der Waals surface area (Å²) >= 11 is 0. The van der Waals surface area contributed by atoms with E-state index >= 15 is 0 Å². The molecule has 144 valence electrons. The minimum atomic E-state index is -0.784. The molecule has 0 spiro atoms. The minimum Gasteiger partial charge on any atom is -0.490 e. The number of hydrogen-bond donors (Lipinski definition) is 1. The normalized spacial score (nSPS) is 32.9. The first-order chi connectivity index (χ1) is 13.0. The number of likely N-dealkylation sites (tertiary alicyclic amines) is 1. The van der Waals surface area contributed by atoms with Gasteiger partial charge in [-0.2, -0.15) is 0 Å². The smallest absolute Gasteiger partial charge is 0.141 e. The molecule has 1 aromatic heterocycles. The number of imidazole rings is 1. The molecule has 5 nitrogen and oxygen atoms in total. The van der Waals surface area contributed by atoms with Gasteiger partial charge in [0.2, 0.25) is 0 Å². The number of aromatic nitrogens is 2. The molecule has 3 heterocycles. The fraction of sp³-hybridized carbons (Fsp3) is 0.591. The molecule has 27 heavy (non-hydrogen) atoms. The van der Waals surface area contributed by atoms with Crippen molar-refractivity contribution in [1.82, 2.24) is 14.5 Å². The Morgan fingerprint density at radius 1 is 1.26 bits per heavy atom. The van der Waals surface area contributed by atoms with Gasteiger partial charge in [-0.15, -0.1) is 0 Å². The number of aryl methyl sites for hydroxylation is 1. The van der Waals surface area contributed by atoms with E-state index in [2.05, 4.69) is 35.0 Å². The fourth-order valence-corrected chi connectivity index (χ4v) is 5.62. The summed E-state index contributed by atoms with van der Waals surface area (Å²) in [5.74, 6) is 2.40. The molecule has 0 radical (unpaired) electrons. The lowest BCUT2D eigenvalue weighted by Crippen LogP contribution is -2.58. The second-order valence-electron chi connectivity index (χ2n) is 8.78. The van der Waals surface area contributed by atoms with Gasteiger partial charge in [0.15, 0.2) is 0 Å². The first-order valence-corrected chi connectivity index (χ1v) is 10.2.